The Morgan fingerprint density at radius 2 is 1.86 bits per heavy atom. The predicted molar refractivity (Wildman–Crippen MR) is 134 cm³/mol. The largest absolute Gasteiger partial charge is 0.453 e. The van der Waals surface area contributed by atoms with Gasteiger partial charge in [0.1, 0.15) is 0 Å². The molecular weight excluding hydrogens is 442 g/mol. The lowest BCUT2D eigenvalue weighted by Crippen LogP contribution is -2.26. The lowest BCUT2D eigenvalue weighted by atomic mass is 9.97. The van der Waals surface area contributed by atoms with Gasteiger partial charge in [-0.2, -0.15) is 5.10 Å². The van der Waals surface area contributed by atoms with Gasteiger partial charge in [0.25, 0.3) is 5.56 Å². The Balaban J connectivity index is 1.38. The van der Waals surface area contributed by atoms with Gasteiger partial charge in [-0.3, -0.25) is 9.59 Å². The second kappa shape index (κ2) is 11.1. The maximum Gasteiger partial charge on any atom is 0.359 e. The van der Waals surface area contributed by atoms with Crippen LogP contribution in [0.4, 0.5) is 0 Å². The molecule has 0 atom stereocenters. The molecule has 7 heteroatoms. The molecule has 7 nitrogen and oxygen atoms in total. The quantitative estimate of drug-likeness (QED) is 0.257. The number of carbonyl (C=O) groups excluding carboxylic acids is 2. The van der Waals surface area contributed by atoms with Crippen molar-refractivity contribution in [3.8, 4) is 0 Å². The van der Waals surface area contributed by atoms with E-state index in [9.17, 15) is 14.4 Å². The molecule has 0 N–H and O–H groups in total. The molecule has 0 bridgehead atoms. The van der Waals surface area contributed by atoms with Crippen LogP contribution in [-0.4, -0.2) is 32.7 Å². The zero-order chi connectivity index (χ0) is 24.8. The standard InChI is InChI=1S/C28H31N3O4/c1-20-17-24(21(2)30(20)16-15-22-9-5-3-6-10-22)26(32)19-35-28(34)25-13-14-27(33)31(29-25)18-23-11-7-4-8-12-23/h4,7-9,11-14,17H,3,5-6,10,15-16,18-19H2,1-2H3. The maximum absolute atomic E-state index is 12.9. The zero-order valence-corrected chi connectivity index (χ0v) is 20.3. The van der Waals surface area contributed by atoms with E-state index >= 15 is 0 Å². The van der Waals surface area contributed by atoms with Crippen molar-refractivity contribution in [3.63, 3.8) is 0 Å². The van der Waals surface area contributed by atoms with Gasteiger partial charge in [-0.05, 0) is 63.6 Å². The topological polar surface area (TPSA) is 83.2 Å². The van der Waals surface area contributed by atoms with Crippen LogP contribution >= 0.6 is 0 Å². The molecule has 0 amide bonds. The molecule has 0 radical (unpaired) electrons. The molecule has 0 saturated heterocycles. The van der Waals surface area contributed by atoms with Gasteiger partial charge >= 0.3 is 5.97 Å². The molecule has 0 fully saturated rings. The first-order valence-electron chi connectivity index (χ1n) is 12.1. The summed E-state index contributed by atoms with van der Waals surface area (Å²) in [4.78, 5) is 37.6. The molecule has 1 aliphatic rings. The Labute approximate surface area is 205 Å². The Kier molecular flexibility index (Phi) is 7.75. The van der Waals surface area contributed by atoms with Crippen molar-refractivity contribution < 1.29 is 14.3 Å². The van der Waals surface area contributed by atoms with E-state index < -0.39 is 5.97 Å². The number of aryl methyl sites for hydroxylation is 1. The number of nitrogens with zero attached hydrogens (tertiary/aromatic N) is 3. The smallest absolute Gasteiger partial charge is 0.359 e. The van der Waals surface area contributed by atoms with Crippen LogP contribution < -0.4 is 5.56 Å². The van der Waals surface area contributed by atoms with E-state index in [4.69, 9.17) is 4.74 Å². The number of esters is 1. The zero-order valence-electron chi connectivity index (χ0n) is 20.3. The molecule has 0 spiro atoms. The molecule has 3 aromatic rings. The van der Waals surface area contributed by atoms with Crippen LogP contribution in [0, 0.1) is 13.8 Å². The highest BCUT2D eigenvalue weighted by Gasteiger charge is 2.19. The molecular formula is C28H31N3O4. The lowest BCUT2D eigenvalue weighted by Gasteiger charge is -2.15. The maximum atomic E-state index is 12.9. The van der Waals surface area contributed by atoms with Crippen LogP contribution in [0.15, 0.2) is 65.0 Å². The monoisotopic (exact) mass is 473 g/mol. The van der Waals surface area contributed by atoms with Crippen LogP contribution in [-0.2, 0) is 17.8 Å². The van der Waals surface area contributed by atoms with Crippen molar-refractivity contribution >= 4 is 11.8 Å². The fourth-order valence-corrected chi connectivity index (χ4v) is 4.52. The number of ether oxygens (including phenoxy) is 1. The van der Waals surface area contributed by atoms with Gasteiger partial charge in [-0.25, -0.2) is 9.48 Å². The molecule has 0 saturated carbocycles. The Morgan fingerprint density at radius 3 is 2.60 bits per heavy atom. The van der Waals surface area contributed by atoms with E-state index in [1.54, 1.807) is 0 Å². The van der Waals surface area contributed by atoms with Crippen LogP contribution in [0.5, 0.6) is 0 Å². The highest BCUT2D eigenvalue weighted by molar-refractivity contribution is 6.00. The summed E-state index contributed by atoms with van der Waals surface area (Å²) >= 11 is 0. The summed E-state index contributed by atoms with van der Waals surface area (Å²) in [6.45, 7) is 4.61. The molecule has 0 aliphatic heterocycles. The van der Waals surface area contributed by atoms with Gasteiger partial charge in [-0.1, -0.05) is 42.0 Å². The first-order valence-corrected chi connectivity index (χ1v) is 12.1. The number of rotatable bonds is 9. The minimum absolute atomic E-state index is 0.0143. The third-order valence-corrected chi connectivity index (χ3v) is 6.50. The number of aromatic nitrogens is 3. The van der Waals surface area contributed by atoms with Crippen LogP contribution in [0.2, 0.25) is 0 Å². The third-order valence-electron chi connectivity index (χ3n) is 6.50. The second-order valence-electron chi connectivity index (χ2n) is 8.99. The highest BCUT2D eigenvalue weighted by Crippen LogP contribution is 2.23. The van der Waals surface area contributed by atoms with Crippen molar-refractivity contribution in [1.29, 1.82) is 0 Å². The summed E-state index contributed by atoms with van der Waals surface area (Å²) in [6, 6.07) is 13.8. The third kappa shape index (κ3) is 6.04. The molecule has 182 valence electrons. The van der Waals surface area contributed by atoms with E-state index in [0.717, 1.165) is 42.8 Å². The molecule has 35 heavy (non-hydrogen) atoms. The first-order chi connectivity index (χ1) is 16.9. The van der Waals surface area contributed by atoms with Gasteiger partial charge in [-0.15, -0.1) is 0 Å². The van der Waals surface area contributed by atoms with Crippen molar-refractivity contribution in [1.82, 2.24) is 14.3 Å². The number of allylic oxidation sites excluding steroid dienone is 2. The van der Waals surface area contributed by atoms with Gasteiger partial charge in [0.2, 0.25) is 5.78 Å². The van der Waals surface area contributed by atoms with Gasteiger partial charge in [0.15, 0.2) is 12.3 Å². The number of carbonyl (C=O) groups is 2. The average molecular weight is 474 g/mol. The lowest BCUT2D eigenvalue weighted by molar-refractivity contribution is 0.0466. The summed E-state index contributed by atoms with van der Waals surface area (Å²) < 4.78 is 8.63. The second-order valence-corrected chi connectivity index (χ2v) is 8.99. The molecule has 4 rings (SSSR count). The summed E-state index contributed by atoms with van der Waals surface area (Å²) in [5.41, 5.74) is 4.51. The Bertz CT molecular complexity index is 1300. The fraction of sp³-hybridized carbons (Fsp3) is 0.357. The Hall–Kier alpha value is -3.74. The van der Waals surface area contributed by atoms with Gasteiger partial charge in [0.05, 0.1) is 6.54 Å². The molecule has 2 aromatic heterocycles. The van der Waals surface area contributed by atoms with E-state index in [0.29, 0.717) is 5.56 Å². The van der Waals surface area contributed by atoms with Crippen molar-refractivity contribution in [3.05, 3.63) is 98.7 Å². The van der Waals surface area contributed by atoms with E-state index in [-0.39, 0.29) is 30.2 Å². The minimum atomic E-state index is -0.738. The summed E-state index contributed by atoms with van der Waals surface area (Å²) in [6.07, 6.45) is 8.18. The molecule has 1 aliphatic carbocycles. The van der Waals surface area contributed by atoms with E-state index in [1.807, 2.05) is 50.2 Å². The van der Waals surface area contributed by atoms with E-state index in [1.165, 1.54) is 35.2 Å². The fourth-order valence-electron chi connectivity index (χ4n) is 4.52. The number of Topliss-reactive ketones (excluding diaryl/α,β-unsaturated/α-hetero) is 1. The van der Waals surface area contributed by atoms with Crippen LogP contribution in [0.25, 0.3) is 0 Å². The normalized spacial score (nSPS) is 13.4. The predicted octanol–water partition coefficient (Wildman–Crippen LogP) is 4.64. The van der Waals surface area contributed by atoms with Crippen LogP contribution in [0.3, 0.4) is 0 Å². The minimum Gasteiger partial charge on any atom is -0.453 e. The molecule has 2 heterocycles. The number of hydrogen-bond donors (Lipinski definition) is 0. The van der Waals surface area contributed by atoms with Crippen LogP contribution in [0.1, 0.15) is 69.9 Å². The van der Waals surface area contributed by atoms with Crippen molar-refractivity contribution in [2.24, 2.45) is 0 Å². The first kappa shape index (κ1) is 24.4. The van der Waals surface area contributed by atoms with Gasteiger partial charge < -0.3 is 9.30 Å². The summed E-state index contributed by atoms with van der Waals surface area (Å²) in [7, 11) is 0. The summed E-state index contributed by atoms with van der Waals surface area (Å²) in [5, 5.41) is 4.13. The molecule has 0 unspecified atom stereocenters. The number of hydrogen-bond acceptors (Lipinski definition) is 5. The van der Waals surface area contributed by atoms with Gasteiger partial charge in [0, 0.05) is 29.6 Å². The summed E-state index contributed by atoms with van der Waals surface area (Å²) in [5.74, 6) is -0.995. The van der Waals surface area contributed by atoms with Crippen molar-refractivity contribution in [2.45, 2.75) is 59.0 Å². The molecule has 1 aromatic carbocycles. The SMILES string of the molecule is Cc1cc(C(=O)COC(=O)c2ccc(=O)n(Cc3ccccc3)n2)c(C)n1CCC1=CCCCC1. The number of ketones is 1. The average Bonchev–Trinajstić information content (AvgIpc) is 3.16. The Morgan fingerprint density at radius 1 is 1.06 bits per heavy atom. The number of benzene rings is 1. The van der Waals surface area contributed by atoms with Crippen molar-refractivity contribution in [2.75, 3.05) is 6.61 Å². The highest BCUT2D eigenvalue weighted by atomic mass is 16.5. The van der Waals surface area contributed by atoms with E-state index in [2.05, 4.69) is 15.7 Å².